The maximum Gasteiger partial charge on any atom is 0.442 e. The van der Waals surface area contributed by atoms with Crippen LogP contribution < -0.4 is 20.5 Å². The minimum atomic E-state index is -0.790. The molecule has 0 aliphatic rings. The van der Waals surface area contributed by atoms with Crippen LogP contribution in [-0.2, 0) is 11.3 Å². The van der Waals surface area contributed by atoms with Crippen LogP contribution in [0.25, 0.3) is 21.6 Å². The number of ether oxygens (including phenoxy) is 2. The second-order valence-electron chi connectivity index (χ2n) is 6.11. The number of halogens is 1. The number of carbonyl (C=O) groups excluding carboxylic acids is 1. The summed E-state index contributed by atoms with van der Waals surface area (Å²) in [7, 11) is 2.99. The number of anilines is 1. The number of benzene rings is 2. The average Bonchev–Trinajstić information content (AvgIpc) is 3.29. The second kappa shape index (κ2) is 7.95. The third kappa shape index (κ3) is 3.74. The molecule has 2 aromatic heterocycles. The maximum absolute atomic E-state index is 13.3. The molecule has 4 rings (SSSR count). The number of carbonyl (C=O) groups is 1. The highest BCUT2D eigenvalue weighted by Crippen LogP contribution is 2.31. The summed E-state index contributed by atoms with van der Waals surface area (Å²) in [5, 5.41) is 6.66. The van der Waals surface area contributed by atoms with Crippen molar-refractivity contribution >= 4 is 32.6 Å². The first-order valence-electron chi connectivity index (χ1n) is 8.63. The van der Waals surface area contributed by atoms with E-state index in [2.05, 4.69) is 15.5 Å². The number of aromatic nitrogens is 3. The van der Waals surface area contributed by atoms with E-state index >= 15 is 0 Å². The molecule has 2 heterocycles. The molecule has 0 unspecified atom stereocenters. The van der Waals surface area contributed by atoms with Crippen molar-refractivity contribution in [3.05, 3.63) is 52.8 Å². The number of hydrogen-bond donors (Lipinski definition) is 1. The van der Waals surface area contributed by atoms with Gasteiger partial charge in [-0.15, -0.1) is 0 Å². The summed E-state index contributed by atoms with van der Waals surface area (Å²) in [5.41, 5.74) is 1.06. The van der Waals surface area contributed by atoms with Gasteiger partial charge >= 0.3 is 5.76 Å². The number of amides is 1. The molecular formula is C19H15FN4O5S. The fraction of sp³-hybridized carbons (Fsp3) is 0.158. The van der Waals surface area contributed by atoms with E-state index in [0.717, 1.165) is 15.9 Å². The van der Waals surface area contributed by atoms with Gasteiger partial charge in [-0.25, -0.2) is 18.7 Å². The highest BCUT2D eigenvalue weighted by molar-refractivity contribution is 7.22. The zero-order valence-corrected chi connectivity index (χ0v) is 16.7. The van der Waals surface area contributed by atoms with Crippen LogP contribution in [-0.4, -0.2) is 34.8 Å². The van der Waals surface area contributed by atoms with E-state index in [1.165, 1.54) is 32.4 Å². The first kappa shape index (κ1) is 19.6. The Morgan fingerprint density at radius 1 is 1.20 bits per heavy atom. The van der Waals surface area contributed by atoms with Gasteiger partial charge in [0, 0.05) is 5.56 Å². The van der Waals surface area contributed by atoms with Gasteiger partial charge in [0.25, 0.3) is 0 Å². The molecule has 2 aromatic carbocycles. The van der Waals surface area contributed by atoms with Crippen LogP contribution in [0.2, 0.25) is 0 Å². The summed E-state index contributed by atoms with van der Waals surface area (Å²) in [6.45, 7) is -0.351. The monoisotopic (exact) mass is 430 g/mol. The van der Waals surface area contributed by atoms with Crippen molar-refractivity contribution < 1.29 is 23.2 Å². The lowest BCUT2D eigenvalue weighted by atomic mass is 10.2. The molecule has 11 heteroatoms. The van der Waals surface area contributed by atoms with Crippen LogP contribution in [0.5, 0.6) is 11.5 Å². The van der Waals surface area contributed by atoms with E-state index in [0.29, 0.717) is 27.3 Å². The second-order valence-corrected chi connectivity index (χ2v) is 7.14. The first-order chi connectivity index (χ1) is 14.5. The lowest BCUT2D eigenvalue weighted by Crippen LogP contribution is -2.25. The van der Waals surface area contributed by atoms with E-state index < -0.39 is 11.7 Å². The van der Waals surface area contributed by atoms with Gasteiger partial charge in [0.1, 0.15) is 12.4 Å². The third-order valence-corrected chi connectivity index (χ3v) is 5.16. The maximum atomic E-state index is 13.3. The molecule has 0 bridgehead atoms. The van der Waals surface area contributed by atoms with Crippen LogP contribution in [0.15, 0.2) is 45.7 Å². The van der Waals surface area contributed by atoms with Gasteiger partial charge < -0.3 is 14.8 Å². The summed E-state index contributed by atoms with van der Waals surface area (Å²) in [5.74, 6) is -0.600. The van der Waals surface area contributed by atoms with Gasteiger partial charge in [-0.2, -0.15) is 0 Å². The Morgan fingerprint density at radius 3 is 2.77 bits per heavy atom. The molecule has 9 nitrogen and oxygen atoms in total. The van der Waals surface area contributed by atoms with E-state index in [9.17, 15) is 14.0 Å². The fourth-order valence-electron chi connectivity index (χ4n) is 2.84. The molecule has 0 spiro atoms. The van der Waals surface area contributed by atoms with Gasteiger partial charge in [-0.3, -0.25) is 9.32 Å². The molecule has 4 aromatic rings. The molecule has 1 N–H and O–H groups in total. The van der Waals surface area contributed by atoms with Crippen LogP contribution in [0, 0.1) is 5.82 Å². The third-order valence-electron chi connectivity index (χ3n) is 4.23. The van der Waals surface area contributed by atoms with Crippen LogP contribution in [0.3, 0.4) is 0 Å². The predicted molar refractivity (Wildman–Crippen MR) is 108 cm³/mol. The Morgan fingerprint density at radius 2 is 2.00 bits per heavy atom. The smallest absolute Gasteiger partial charge is 0.442 e. The SMILES string of the molecule is COc1ccc(-c2noc(=O)n2CC(=O)Nc2nc3ccc(F)cc3s2)cc1OC. The lowest BCUT2D eigenvalue weighted by Gasteiger charge is -2.09. The molecule has 0 aliphatic carbocycles. The van der Waals surface area contributed by atoms with Gasteiger partial charge in [-0.05, 0) is 36.4 Å². The number of nitrogens with zero attached hydrogens (tertiary/aromatic N) is 3. The summed E-state index contributed by atoms with van der Waals surface area (Å²) in [4.78, 5) is 28.8. The standard InChI is InChI=1S/C19H15FN4O5S/c1-27-13-6-3-10(7-14(13)28-2)17-23-29-19(26)24(17)9-16(25)22-18-21-12-5-4-11(20)8-15(12)30-18/h3-8H,9H2,1-2H3,(H,21,22,25). The average molecular weight is 430 g/mol. The van der Waals surface area contributed by atoms with Crippen LogP contribution in [0.1, 0.15) is 0 Å². The topological polar surface area (TPSA) is 108 Å². The quantitative estimate of drug-likeness (QED) is 0.501. The fourth-order valence-corrected chi connectivity index (χ4v) is 3.75. The van der Waals surface area contributed by atoms with Crippen LogP contribution >= 0.6 is 11.3 Å². The van der Waals surface area contributed by atoms with Gasteiger partial charge in [0.15, 0.2) is 22.5 Å². The molecule has 0 saturated heterocycles. The molecule has 30 heavy (non-hydrogen) atoms. The Balaban J connectivity index is 1.58. The number of fused-ring (bicyclic) bond motifs is 1. The summed E-state index contributed by atoms with van der Waals surface area (Å²) < 4.78 is 30.2. The lowest BCUT2D eigenvalue weighted by molar-refractivity contribution is -0.116. The van der Waals surface area contributed by atoms with Crippen molar-refractivity contribution in [2.45, 2.75) is 6.54 Å². The van der Waals surface area contributed by atoms with E-state index in [-0.39, 0.29) is 23.3 Å². The first-order valence-corrected chi connectivity index (χ1v) is 9.45. The van der Waals surface area contributed by atoms with Gasteiger partial charge in [0.2, 0.25) is 5.91 Å². The van der Waals surface area contributed by atoms with E-state index in [1.54, 1.807) is 18.2 Å². The number of methoxy groups -OCH3 is 2. The van der Waals surface area contributed by atoms with Gasteiger partial charge in [0.05, 0.1) is 24.4 Å². The minimum absolute atomic E-state index is 0.155. The van der Waals surface area contributed by atoms with Crippen molar-refractivity contribution in [2.24, 2.45) is 0 Å². The molecule has 1 amide bonds. The highest BCUT2D eigenvalue weighted by atomic mass is 32.1. The summed E-state index contributed by atoms with van der Waals surface area (Å²) in [6, 6.07) is 9.08. The summed E-state index contributed by atoms with van der Waals surface area (Å²) in [6.07, 6.45) is 0. The van der Waals surface area contributed by atoms with Crippen molar-refractivity contribution in [2.75, 3.05) is 19.5 Å². The molecule has 0 aliphatic heterocycles. The Bertz CT molecular complexity index is 1300. The normalized spacial score (nSPS) is 10.9. The van der Waals surface area contributed by atoms with Crippen molar-refractivity contribution in [3.63, 3.8) is 0 Å². The zero-order valence-electron chi connectivity index (χ0n) is 15.8. The van der Waals surface area contributed by atoms with Crippen LogP contribution in [0.4, 0.5) is 9.52 Å². The van der Waals surface area contributed by atoms with Crippen molar-refractivity contribution in [3.8, 4) is 22.9 Å². The number of rotatable bonds is 6. The van der Waals surface area contributed by atoms with E-state index in [4.69, 9.17) is 14.0 Å². The van der Waals surface area contributed by atoms with Gasteiger partial charge in [-0.1, -0.05) is 16.5 Å². The largest absolute Gasteiger partial charge is 0.493 e. The predicted octanol–water partition coefficient (Wildman–Crippen LogP) is 2.91. The Labute approximate surface area is 172 Å². The van der Waals surface area contributed by atoms with Crippen molar-refractivity contribution in [1.82, 2.24) is 14.7 Å². The van der Waals surface area contributed by atoms with Crippen molar-refractivity contribution in [1.29, 1.82) is 0 Å². The molecular weight excluding hydrogens is 415 g/mol. The van der Waals surface area contributed by atoms with E-state index in [1.807, 2.05) is 0 Å². The Kier molecular flexibility index (Phi) is 5.19. The molecule has 0 saturated carbocycles. The highest BCUT2D eigenvalue weighted by Gasteiger charge is 2.18. The molecule has 154 valence electrons. The molecule has 0 radical (unpaired) electrons. The zero-order chi connectivity index (χ0) is 21.3. The number of hydrogen-bond acceptors (Lipinski definition) is 8. The molecule has 0 fully saturated rings. The minimum Gasteiger partial charge on any atom is -0.493 e. The number of thiazole rings is 1. The number of nitrogens with one attached hydrogen (secondary N) is 1. The Hall–Kier alpha value is -3.73. The summed E-state index contributed by atoms with van der Waals surface area (Å²) >= 11 is 1.13. The molecule has 0 atom stereocenters.